The van der Waals surface area contributed by atoms with Crippen molar-refractivity contribution in [1.29, 1.82) is 0 Å². The predicted molar refractivity (Wildman–Crippen MR) is 114 cm³/mol. The van der Waals surface area contributed by atoms with Crippen LogP contribution in [0.4, 0.5) is 23.2 Å². The maximum Gasteiger partial charge on any atom is 0.573 e. The number of hydrogen-bond donors (Lipinski definition) is 0. The van der Waals surface area contributed by atoms with Crippen LogP contribution in [0.5, 0.6) is 5.75 Å². The second-order valence-corrected chi connectivity index (χ2v) is 11.7. The van der Waals surface area contributed by atoms with Crippen LogP contribution in [0.2, 0.25) is 0 Å². The van der Waals surface area contributed by atoms with Crippen LogP contribution < -0.4 is 9.64 Å². The van der Waals surface area contributed by atoms with Crippen LogP contribution in [-0.2, 0) is 19.7 Å². The van der Waals surface area contributed by atoms with Crippen LogP contribution >= 0.6 is 0 Å². The van der Waals surface area contributed by atoms with Gasteiger partial charge in [-0.15, -0.1) is 13.2 Å². The Bertz CT molecular complexity index is 1320. The normalized spacial score (nSPS) is 15.4. The molecule has 2 aromatic carbocycles. The molecule has 0 atom stereocenters. The zero-order valence-electron chi connectivity index (χ0n) is 18.0. The molecule has 1 amide bonds. The standard InChI is InChI=1S/C20H20F4N2O6S2/c1-33(28,29)13-4-6-18(32-20(22,23)24)15(11-13)19(27)26-9-7-25(8-10-26)17-5-3-14(12-16(17)21)34(2,30)31/h3-6,11-12H,7-10H2,1-2H3. The molecule has 0 radical (unpaired) electrons. The first kappa shape index (κ1) is 25.7. The summed E-state index contributed by atoms with van der Waals surface area (Å²) in [6.07, 6.45) is -3.30. The van der Waals surface area contributed by atoms with E-state index in [0.29, 0.717) is 0 Å². The van der Waals surface area contributed by atoms with Crippen molar-refractivity contribution in [3.05, 3.63) is 47.8 Å². The van der Waals surface area contributed by atoms with Gasteiger partial charge in [0.1, 0.15) is 11.6 Å². The minimum atomic E-state index is -5.10. The lowest BCUT2D eigenvalue weighted by atomic mass is 10.1. The Balaban J connectivity index is 1.83. The molecule has 0 unspecified atom stereocenters. The van der Waals surface area contributed by atoms with Gasteiger partial charge in [0.2, 0.25) is 0 Å². The molecular weight excluding hydrogens is 504 g/mol. The third-order valence-corrected chi connectivity index (χ3v) is 7.31. The van der Waals surface area contributed by atoms with E-state index in [1.54, 1.807) is 4.90 Å². The highest BCUT2D eigenvalue weighted by molar-refractivity contribution is 7.91. The van der Waals surface area contributed by atoms with E-state index < -0.39 is 49.1 Å². The SMILES string of the molecule is CS(=O)(=O)c1ccc(N2CCN(C(=O)c3cc(S(C)(=O)=O)ccc3OC(F)(F)F)CC2)c(F)c1. The van der Waals surface area contributed by atoms with Gasteiger partial charge in [0.25, 0.3) is 5.91 Å². The Labute approximate surface area is 193 Å². The predicted octanol–water partition coefficient (Wildman–Crippen LogP) is 2.49. The van der Waals surface area contributed by atoms with Crippen molar-refractivity contribution < 1.29 is 43.9 Å². The number of carbonyl (C=O) groups excluding carboxylic acids is 1. The van der Waals surface area contributed by atoms with Gasteiger partial charge < -0.3 is 14.5 Å². The Morgan fingerprint density at radius 3 is 1.91 bits per heavy atom. The average molecular weight is 525 g/mol. The fraction of sp³-hybridized carbons (Fsp3) is 0.350. The van der Waals surface area contributed by atoms with Gasteiger partial charge in [-0.1, -0.05) is 0 Å². The number of nitrogens with zero attached hydrogens (tertiary/aromatic N) is 2. The summed E-state index contributed by atoms with van der Waals surface area (Å²) in [5.74, 6) is -2.49. The molecule has 1 aliphatic rings. The summed E-state index contributed by atoms with van der Waals surface area (Å²) in [7, 11) is -7.41. The summed E-state index contributed by atoms with van der Waals surface area (Å²) in [4.78, 5) is 15.2. The van der Waals surface area contributed by atoms with Crippen molar-refractivity contribution >= 4 is 31.3 Å². The van der Waals surface area contributed by atoms with Crippen molar-refractivity contribution in [3.63, 3.8) is 0 Å². The van der Waals surface area contributed by atoms with Gasteiger partial charge in [-0.2, -0.15) is 0 Å². The number of carbonyl (C=O) groups is 1. The molecule has 0 aliphatic carbocycles. The van der Waals surface area contributed by atoms with E-state index in [1.165, 1.54) is 17.0 Å². The Morgan fingerprint density at radius 1 is 0.882 bits per heavy atom. The lowest BCUT2D eigenvalue weighted by Gasteiger charge is -2.36. The van der Waals surface area contributed by atoms with Gasteiger partial charge in [-0.25, -0.2) is 21.2 Å². The van der Waals surface area contributed by atoms with E-state index in [1.807, 2.05) is 0 Å². The first-order valence-corrected chi connectivity index (χ1v) is 13.5. The van der Waals surface area contributed by atoms with Crippen molar-refractivity contribution in [2.24, 2.45) is 0 Å². The Morgan fingerprint density at radius 2 is 1.41 bits per heavy atom. The number of rotatable bonds is 5. The van der Waals surface area contributed by atoms with Gasteiger partial charge in [-0.05, 0) is 36.4 Å². The molecule has 0 spiro atoms. The number of hydrogen-bond acceptors (Lipinski definition) is 7. The van der Waals surface area contributed by atoms with Crippen molar-refractivity contribution in [1.82, 2.24) is 4.90 Å². The first-order valence-electron chi connectivity index (χ1n) is 9.70. The van der Waals surface area contributed by atoms with Crippen LogP contribution in [-0.4, -0.2) is 72.7 Å². The maximum absolute atomic E-state index is 14.5. The molecular formula is C20H20F4N2O6S2. The topological polar surface area (TPSA) is 101 Å². The highest BCUT2D eigenvalue weighted by Crippen LogP contribution is 2.30. The molecule has 0 N–H and O–H groups in total. The maximum atomic E-state index is 14.5. The zero-order chi connectivity index (χ0) is 25.5. The van der Waals surface area contributed by atoms with Crippen LogP contribution in [0.25, 0.3) is 0 Å². The molecule has 0 saturated carbocycles. The zero-order valence-corrected chi connectivity index (χ0v) is 19.6. The van der Waals surface area contributed by atoms with Crippen molar-refractivity contribution in [3.8, 4) is 5.75 Å². The van der Waals surface area contributed by atoms with E-state index in [9.17, 15) is 39.2 Å². The van der Waals surface area contributed by atoms with Crippen molar-refractivity contribution in [2.45, 2.75) is 16.2 Å². The van der Waals surface area contributed by atoms with Gasteiger partial charge in [0.05, 0.1) is 21.0 Å². The number of amides is 1. The largest absolute Gasteiger partial charge is 0.573 e. The van der Waals surface area contributed by atoms with Crippen LogP contribution in [0, 0.1) is 5.82 Å². The van der Waals surface area contributed by atoms with Gasteiger partial charge in [0, 0.05) is 38.7 Å². The van der Waals surface area contributed by atoms with E-state index in [2.05, 4.69) is 4.74 Å². The number of piperazine rings is 1. The number of ether oxygens (including phenoxy) is 1. The molecule has 0 aromatic heterocycles. The van der Waals surface area contributed by atoms with Crippen LogP contribution in [0.15, 0.2) is 46.2 Å². The number of sulfone groups is 2. The molecule has 3 rings (SSSR count). The van der Waals surface area contributed by atoms with E-state index in [4.69, 9.17) is 0 Å². The molecule has 186 valence electrons. The third-order valence-electron chi connectivity index (χ3n) is 5.09. The number of benzene rings is 2. The molecule has 14 heteroatoms. The van der Waals surface area contributed by atoms with Gasteiger partial charge in [0.15, 0.2) is 19.7 Å². The Kier molecular flexibility index (Phi) is 6.86. The van der Waals surface area contributed by atoms with Crippen molar-refractivity contribution in [2.75, 3.05) is 43.6 Å². The summed E-state index contributed by atoms with van der Waals surface area (Å²) < 4.78 is 104. The molecule has 1 fully saturated rings. The lowest BCUT2D eigenvalue weighted by Crippen LogP contribution is -2.49. The second-order valence-electron chi connectivity index (χ2n) is 7.64. The van der Waals surface area contributed by atoms with Gasteiger partial charge in [-0.3, -0.25) is 4.79 Å². The molecule has 34 heavy (non-hydrogen) atoms. The van der Waals surface area contributed by atoms with E-state index in [-0.39, 0.29) is 41.7 Å². The minimum absolute atomic E-state index is 0.0132. The quantitative estimate of drug-likeness (QED) is 0.554. The highest BCUT2D eigenvalue weighted by atomic mass is 32.2. The molecule has 8 nitrogen and oxygen atoms in total. The highest BCUT2D eigenvalue weighted by Gasteiger charge is 2.34. The molecule has 1 heterocycles. The van der Waals surface area contributed by atoms with Crippen LogP contribution in [0.3, 0.4) is 0 Å². The molecule has 0 bridgehead atoms. The lowest BCUT2D eigenvalue weighted by molar-refractivity contribution is -0.274. The fourth-order valence-corrected chi connectivity index (χ4v) is 4.70. The Hall–Kier alpha value is -2.87. The number of alkyl halides is 3. The molecule has 1 aliphatic heterocycles. The number of anilines is 1. The summed E-state index contributed by atoms with van der Waals surface area (Å²) in [6.45, 7) is 0.172. The van der Waals surface area contributed by atoms with E-state index >= 15 is 0 Å². The average Bonchev–Trinajstić information content (AvgIpc) is 2.71. The summed E-state index contributed by atoms with van der Waals surface area (Å²) in [6, 6.07) is 5.95. The summed E-state index contributed by atoms with van der Waals surface area (Å²) in [5, 5.41) is 0. The third kappa shape index (κ3) is 5.97. The summed E-state index contributed by atoms with van der Waals surface area (Å²) >= 11 is 0. The smallest absolute Gasteiger partial charge is 0.405 e. The van der Waals surface area contributed by atoms with Crippen LogP contribution in [0.1, 0.15) is 10.4 Å². The summed E-state index contributed by atoms with van der Waals surface area (Å²) in [5.41, 5.74) is -0.461. The monoisotopic (exact) mass is 524 g/mol. The van der Waals surface area contributed by atoms with E-state index in [0.717, 1.165) is 36.8 Å². The second kappa shape index (κ2) is 9.06. The molecule has 1 saturated heterocycles. The van der Waals surface area contributed by atoms with Gasteiger partial charge >= 0.3 is 6.36 Å². The molecule has 2 aromatic rings. The minimum Gasteiger partial charge on any atom is -0.405 e. The first-order chi connectivity index (χ1) is 15.6. The fourth-order valence-electron chi connectivity index (χ4n) is 3.42. The number of halogens is 4.